The molecule has 236 valence electrons. The van der Waals surface area contributed by atoms with Crippen LogP contribution in [-0.4, -0.2) is 21.8 Å². The molecule has 2 aromatic rings. The minimum absolute atomic E-state index is 0.00720. The smallest absolute Gasteiger partial charge is 0.204 e. The molecule has 44 heavy (non-hydrogen) atoms. The summed E-state index contributed by atoms with van der Waals surface area (Å²) < 4.78 is 6.46. The number of phenols is 2. The molecule has 2 N–H and O–H groups in total. The molecule has 0 radical (unpaired) electrons. The number of hydrogen-bond acceptors (Lipinski definition) is 6. The molecule has 4 atom stereocenters. The number of carbonyl (C=O) groups is 2. The number of aromatic hydroxyl groups is 2. The molecule has 0 saturated heterocycles. The van der Waals surface area contributed by atoms with Crippen LogP contribution in [0.5, 0.6) is 11.5 Å². The van der Waals surface area contributed by atoms with E-state index >= 15 is 9.59 Å². The Bertz CT molecular complexity index is 1680. The fraction of sp³-hybridized carbons (Fsp3) is 0.500. The fourth-order valence-electron chi connectivity index (χ4n) is 7.47. The van der Waals surface area contributed by atoms with E-state index in [1.807, 2.05) is 68.4 Å². The van der Waals surface area contributed by atoms with Gasteiger partial charge in [0.2, 0.25) is 5.43 Å². The first kappa shape index (κ1) is 33.2. The third-order valence-corrected chi connectivity index (χ3v) is 10.3. The van der Waals surface area contributed by atoms with E-state index in [1.165, 1.54) is 6.07 Å². The Morgan fingerprint density at radius 1 is 0.955 bits per heavy atom. The molecule has 1 unspecified atom stereocenters. The van der Waals surface area contributed by atoms with Gasteiger partial charge < -0.3 is 14.6 Å². The van der Waals surface area contributed by atoms with Crippen molar-refractivity contribution in [2.24, 2.45) is 22.7 Å². The van der Waals surface area contributed by atoms with Gasteiger partial charge in [-0.1, -0.05) is 60.9 Å². The van der Waals surface area contributed by atoms with Crippen LogP contribution in [0.15, 0.2) is 68.4 Å². The zero-order valence-electron chi connectivity index (χ0n) is 27.8. The van der Waals surface area contributed by atoms with E-state index in [0.717, 1.165) is 28.4 Å². The molecular formula is C38H48O6. The van der Waals surface area contributed by atoms with Crippen molar-refractivity contribution in [3.05, 3.63) is 80.8 Å². The molecule has 6 nitrogen and oxygen atoms in total. The lowest BCUT2D eigenvalue weighted by Crippen LogP contribution is -2.68. The number of allylic oxidation sites excluding steroid dienone is 7. The van der Waals surface area contributed by atoms with Gasteiger partial charge >= 0.3 is 0 Å². The third-order valence-electron chi connectivity index (χ3n) is 10.3. The second-order valence-electron chi connectivity index (χ2n) is 14.5. The second kappa shape index (κ2) is 11.7. The van der Waals surface area contributed by atoms with Gasteiger partial charge in [0.1, 0.15) is 22.3 Å². The van der Waals surface area contributed by atoms with Gasteiger partial charge in [0.05, 0.1) is 10.8 Å². The van der Waals surface area contributed by atoms with Crippen LogP contribution < -0.4 is 5.43 Å². The molecule has 0 aliphatic heterocycles. The van der Waals surface area contributed by atoms with Crippen LogP contribution in [0.3, 0.4) is 0 Å². The van der Waals surface area contributed by atoms with Crippen molar-refractivity contribution in [1.82, 2.24) is 0 Å². The molecule has 4 rings (SSSR count). The quantitative estimate of drug-likeness (QED) is 0.169. The molecule has 1 aromatic carbocycles. The lowest BCUT2D eigenvalue weighted by Gasteiger charge is -2.60. The first-order chi connectivity index (χ1) is 20.4. The summed E-state index contributed by atoms with van der Waals surface area (Å²) in [5.74, 6) is -1.76. The Morgan fingerprint density at radius 3 is 2.11 bits per heavy atom. The van der Waals surface area contributed by atoms with Crippen LogP contribution in [0.4, 0.5) is 0 Å². The van der Waals surface area contributed by atoms with Crippen molar-refractivity contribution >= 4 is 22.5 Å². The number of Topliss-reactive ketones (excluding diaryl/α,β-unsaturated/α-hetero) is 2. The van der Waals surface area contributed by atoms with Crippen LogP contribution in [0.25, 0.3) is 11.0 Å². The SMILES string of the molecule is C=C(C)C(CC=C(C)C)C[C@]12C[C@H](CC=C(C)C)C(C)(C)[C@](CC=C(C)C)(C(=O)c3c1oc1cc(O)c(O)cc1c3=O)C2=O. The van der Waals surface area contributed by atoms with Crippen molar-refractivity contribution in [3.63, 3.8) is 0 Å². The van der Waals surface area contributed by atoms with E-state index in [2.05, 4.69) is 18.7 Å². The van der Waals surface area contributed by atoms with Crippen molar-refractivity contribution in [3.8, 4) is 11.5 Å². The Hall–Kier alpha value is -3.67. The summed E-state index contributed by atoms with van der Waals surface area (Å²) in [4.78, 5) is 44.8. The van der Waals surface area contributed by atoms with Crippen LogP contribution in [0.2, 0.25) is 0 Å². The molecule has 2 aliphatic rings. The average molecular weight is 601 g/mol. The van der Waals surface area contributed by atoms with Crippen molar-refractivity contribution in [2.45, 2.75) is 99.8 Å². The highest BCUT2D eigenvalue weighted by Gasteiger charge is 2.72. The number of fused-ring (bicyclic) bond motifs is 5. The highest BCUT2D eigenvalue weighted by molar-refractivity contribution is 6.23. The summed E-state index contributed by atoms with van der Waals surface area (Å²) in [6.45, 7) is 22.3. The maximum Gasteiger partial charge on any atom is 0.204 e. The summed E-state index contributed by atoms with van der Waals surface area (Å²) in [5, 5.41) is 20.6. The summed E-state index contributed by atoms with van der Waals surface area (Å²) in [6.07, 6.45) is 8.49. The molecule has 1 fully saturated rings. The van der Waals surface area contributed by atoms with Crippen LogP contribution in [0.1, 0.15) is 111 Å². The Morgan fingerprint density at radius 2 is 1.55 bits per heavy atom. The molecule has 2 bridgehead atoms. The molecule has 1 heterocycles. The third kappa shape index (κ3) is 5.20. The van der Waals surface area contributed by atoms with Crippen molar-refractivity contribution < 1.29 is 24.2 Å². The molecule has 6 heteroatoms. The second-order valence-corrected chi connectivity index (χ2v) is 14.5. The summed E-state index contributed by atoms with van der Waals surface area (Å²) in [5.41, 5.74) is -0.0614. The van der Waals surface area contributed by atoms with Gasteiger partial charge in [-0.2, -0.15) is 0 Å². The molecule has 2 aliphatic carbocycles. The van der Waals surface area contributed by atoms with E-state index < -0.39 is 39.0 Å². The Kier molecular flexibility index (Phi) is 8.82. The Labute approximate surface area is 261 Å². The first-order valence-corrected chi connectivity index (χ1v) is 15.6. The van der Waals surface area contributed by atoms with E-state index in [1.54, 1.807) is 0 Å². The normalized spacial score (nSPS) is 24.3. The van der Waals surface area contributed by atoms with Gasteiger partial charge in [0.25, 0.3) is 0 Å². The van der Waals surface area contributed by atoms with E-state index in [9.17, 15) is 15.0 Å². The highest BCUT2D eigenvalue weighted by Crippen LogP contribution is 2.66. The molecular weight excluding hydrogens is 552 g/mol. The lowest BCUT2D eigenvalue weighted by atomic mass is 9.39. The maximum atomic E-state index is 15.4. The molecule has 0 amide bonds. The predicted molar refractivity (Wildman–Crippen MR) is 176 cm³/mol. The number of phenolic OH excluding ortho intramolecular Hbond substituents is 2. The van der Waals surface area contributed by atoms with E-state index in [-0.39, 0.29) is 46.3 Å². The number of rotatable bonds is 9. The number of ketones is 2. The zero-order chi connectivity index (χ0) is 32.9. The summed E-state index contributed by atoms with van der Waals surface area (Å²) in [7, 11) is 0. The van der Waals surface area contributed by atoms with Gasteiger partial charge in [0.15, 0.2) is 23.1 Å². The fourth-order valence-corrected chi connectivity index (χ4v) is 7.47. The first-order valence-electron chi connectivity index (χ1n) is 15.6. The van der Waals surface area contributed by atoms with Gasteiger partial charge in [0, 0.05) is 6.07 Å². The molecule has 1 aromatic heterocycles. The minimum Gasteiger partial charge on any atom is -0.504 e. The van der Waals surface area contributed by atoms with Gasteiger partial charge in [-0.3, -0.25) is 14.4 Å². The molecule has 1 saturated carbocycles. The largest absolute Gasteiger partial charge is 0.504 e. The van der Waals surface area contributed by atoms with Gasteiger partial charge in [-0.15, -0.1) is 0 Å². The monoisotopic (exact) mass is 600 g/mol. The average Bonchev–Trinajstić information content (AvgIpc) is 2.91. The van der Waals surface area contributed by atoms with E-state index in [4.69, 9.17) is 4.42 Å². The minimum atomic E-state index is -1.51. The highest BCUT2D eigenvalue weighted by atomic mass is 16.3. The Balaban J connectivity index is 2.19. The van der Waals surface area contributed by atoms with Crippen LogP contribution in [-0.2, 0) is 10.2 Å². The lowest BCUT2D eigenvalue weighted by molar-refractivity contribution is -0.153. The van der Waals surface area contributed by atoms with Gasteiger partial charge in [-0.05, 0) is 104 Å². The summed E-state index contributed by atoms with van der Waals surface area (Å²) in [6, 6.07) is 2.33. The topological polar surface area (TPSA) is 105 Å². The number of benzene rings is 1. The van der Waals surface area contributed by atoms with Crippen LogP contribution in [0, 0.1) is 22.7 Å². The summed E-state index contributed by atoms with van der Waals surface area (Å²) >= 11 is 0. The van der Waals surface area contributed by atoms with Crippen molar-refractivity contribution in [1.29, 1.82) is 0 Å². The van der Waals surface area contributed by atoms with Gasteiger partial charge in [-0.25, -0.2) is 0 Å². The zero-order valence-corrected chi connectivity index (χ0v) is 27.8. The maximum absolute atomic E-state index is 15.4. The number of carbonyl (C=O) groups excluding carboxylic acids is 2. The molecule has 0 spiro atoms. The standard InChI is InChI=1S/C38H48O6/c1-21(2)11-13-25(24(7)8)19-37-20-26(14-12-22(3)4)36(9,10)38(35(37)43,16-15-23(5)6)33(42)31-32(41)27-17-28(39)29(40)18-30(27)44-34(31)37/h11-12,15,17-18,25-26,39-40H,7,13-14,16,19-20H2,1-6,8-10H3/t25?,26-,37-,38+/m0/s1. The van der Waals surface area contributed by atoms with Crippen LogP contribution >= 0.6 is 0 Å². The van der Waals surface area contributed by atoms with E-state index in [0.29, 0.717) is 25.7 Å². The predicted octanol–water partition coefficient (Wildman–Crippen LogP) is 8.89. The number of hydrogen-bond donors (Lipinski definition) is 2. The van der Waals surface area contributed by atoms with Crippen molar-refractivity contribution in [2.75, 3.05) is 0 Å².